The van der Waals surface area contributed by atoms with Crippen LogP contribution in [0.1, 0.15) is 28.4 Å². The van der Waals surface area contributed by atoms with E-state index in [0.29, 0.717) is 18.1 Å². The SMILES string of the molecule is CCOc1ncccc1C(=O)Nc1cc(C)cc(C)c1. The van der Waals surface area contributed by atoms with E-state index in [1.807, 2.05) is 32.9 Å². The summed E-state index contributed by atoms with van der Waals surface area (Å²) < 4.78 is 5.37. The van der Waals surface area contributed by atoms with Crippen LogP contribution in [0.3, 0.4) is 0 Å². The Morgan fingerprint density at radius 1 is 1.25 bits per heavy atom. The fourth-order valence-corrected chi connectivity index (χ4v) is 2.06. The molecule has 0 aliphatic heterocycles. The summed E-state index contributed by atoms with van der Waals surface area (Å²) in [6.07, 6.45) is 1.61. The zero-order chi connectivity index (χ0) is 14.5. The first-order chi connectivity index (χ1) is 9.60. The molecule has 0 atom stereocenters. The maximum absolute atomic E-state index is 12.3. The van der Waals surface area contributed by atoms with Crippen molar-refractivity contribution >= 4 is 11.6 Å². The molecule has 0 unspecified atom stereocenters. The maximum atomic E-state index is 12.3. The molecule has 1 aromatic heterocycles. The smallest absolute Gasteiger partial charge is 0.261 e. The number of carbonyl (C=O) groups is 1. The van der Waals surface area contributed by atoms with Gasteiger partial charge in [0.15, 0.2) is 0 Å². The van der Waals surface area contributed by atoms with Gasteiger partial charge < -0.3 is 10.1 Å². The molecule has 0 spiro atoms. The largest absolute Gasteiger partial charge is 0.477 e. The number of nitrogens with one attached hydrogen (secondary N) is 1. The summed E-state index contributed by atoms with van der Waals surface area (Å²) in [6.45, 7) is 6.33. The number of aromatic nitrogens is 1. The van der Waals surface area contributed by atoms with Gasteiger partial charge in [-0.05, 0) is 56.2 Å². The minimum Gasteiger partial charge on any atom is -0.477 e. The zero-order valence-corrected chi connectivity index (χ0v) is 11.9. The van der Waals surface area contributed by atoms with Crippen LogP contribution in [0.2, 0.25) is 0 Å². The van der Waals surface area contributed by atoms with E-state index >= 15 is 0 Å². The molecule has 0 bridgehead atoms. The second-order valence-corrected chi connectivity index (χ2v) is 4.62. The molecule has 104 valence electrons. The van der Waals surface area contributed by atoms with Gasteiger partial charge in [-0.1, -0.05) is 6.07 Å². The lowest BCUT2D eigenvalue weighted by Crippen LogP contribution is -2.14. The number of benzene rings is 1. The van der Waals surface area contributed by atoms with Crippen molar-refractivity contribution in [2.75, 3.05) is 11.9 Å². The summed E-state index contributed by atoms with van der Waals surface area (Å²) in [5.74, 6) is 0.142. The van der Waals surface area contributed by atoms with Gasteiger partial charge in [0.1, 0.15) is 5.56 Å². The first-order valence-corrected chi connectivity index (χ1v) is 6.57. The van der Waals surface area contributed by atoms with E-state index in [9.17, 15) is 4.79 Å². The van der Waals surface area contributed by atoms with E-state index < -0.39 is 0 Å². The average molecular weight is 270 g/mol. The minimum absolute atomic E-state index is 0.216. The highest BCUT2D eigenvalue weighted by molar-refractivity contribution is 6.05. The van der Waals surface area contributed by atoms with Crippen LogP contribution >= 0.6 is 0 Å². The number of hydrogen-bond acceptors (Lipinski definition) is 3. The Bertz CT molecular complexity index is 603. The number of aryl methyl sites for hydroxylation is 2. The molecule has 1 N–H and O–H groups in total. The second-order valence-electron chi connectivity index (χ2n) is 4.62. The third-order valence-corrected chi connectivity index (χ3v) is 2.78. The van der Waals surface area contributed by atoms with Crippen LogP contribution in [0.5, 0.6) is 5.88 Å². The van der Waals surface area contributed by atoms with Gasteiger partial charge in [-0.15, -0.1) is 0 Å². The van der Waals surface area contributed by atoms with Crippen molar-refractivity contribution in [1.82, 2.24) is 4.98 Å². The second kappa shape index (κ2) is 6.19. The summed E-state index contributed by atoms with van der Waals surface area (Å²) in [7, 11) is 0. The van der Waals surface area contributed by atoms with Crippen LogP contribution in [-0.2, 0) is 0 Å². The Morgan fingerprint density at radius 2 is 1.95 bits per heavy atom. The van der Waals surface area contributed by atoms with Gasteiger partial charge in [0, 0.05) is 11.9 Å². The minimum atomic E-state index is -0.216. The van der Waals surface area contributed by atoms with Crippen molar-refractivity contribution in [1.29, 1.82) is 0 Å². The Morgan fingerprint density at radius 3 is 2.60 bits per heavy atom. The number of rotatable bonds is 4. The number of amides is 1. The summed E-state index contributed by atoms with van der Waals surface area (Å²) >= 11 is 0. The Labute approximate surface area is 118 Å². The highest BCUT2D eigenvalue weighted by Crippen LogP contribution is 2.18. The Hall–Kier alpha value is -2.36. The molecule has 4 nitrogen and oxygen atoms in total. The summed E-state index contributed by atoms with van der Waals surface area (Å²) in [5.41, 5.74) is 3.43. The fraction of sp³-hybridized carbons (Fsp3) is 0.250. The van der Waals surface area contributed by atoms with Gasteiger partial charge in [0.2, 0.25) is 5.88 Å². The topological polar surface area (TPSA) is 51.2 Å². The van der Waals surface area contributed by atoms with Crippen LogP contribution in [0.15, 0.2) is 36.5 Å². The number of ether oxygens (including phenoxy) is 1. The standard InChI is InChI=1S/C16H18N2O2/c1-4-20-16-14(6-5-7-17-16)15(19)18-13-9-11(2)8-12(3)10-13/h5-10H,4H2,1-3H3,(H,18,19). The normalized spacial score (nSPS) is 10.2. The molecule has 1 aromatic carbocycles. The number of pyridine rings is 1. The van der Waals surface area contributed by atoms with E-state index in [1.54, 1.807) is 18.3 Å². The summed E-state index contributed by atoms with van der Waals surface area (Å²) in [4.78, 5) is 16.4. The Balaban J connectivity index is 2.23. The predicted molar refractivity (Wildman–Crippen MR) is 79.3 cm³/mol. The van der Waals surface area contributed by atoms with E-state index in [0.717, 1.165) is 16.8 Å². The molecule has 1 amide bonds. The lowest BCUT2D eigenvalue weighted by molar-refractivity contribution is 0.102. The first kappa shape index (κ1) is 14.1. The highest BCUT2D eigenvalue weighted by Gasteiger charge is 2.13. The molecule has 20 heavy (non-hydrogen) atoms. The third kappa shape index (κ3) is 3.35. The van der Waals surface area contributed by atoms with Crippen LogP contribution in [0, 0.1) is 13.8 Å². The van der Waals surface area contributed by atoms with E-state index in [-0.39, 0.29) is 5.91 Å². The van der Waals surface area contributed by atoms with Crippen molar-refractivity contribution in [3.8, 4) is 5.88 Å². The van der Waals surface area contributed by atoms with Gasteiger partial charge in [0.05, 0.1) is 6.61 Å². The quantitative estimate of drug-likeness (QED) is 0.927. The zero-order valence-electron chi connectivity index (χ0n) is 11.9. The van der Waals surface area contributed by atoms with Gasteiger partial charge in [-0.25, -0.2) is 4.98 Å². The third-order valence-electron chi connectivity index (χ3n) is 2.78. The van der Waals surface area contributed by atoms with E-state index in [4.69, 9.17) is 4.74 Å². The van der Waals surface area contributed by atoms with E-state index in [1.165, 1.54) is 0 Å². The molecule has 0 saturated carbocycles. The first-order valence-electron chi connectivity index (χ1n) is 6.57. The molecule has 0 aliphatic rings. The number of carbonyl (C=O) groups excluding carboxylic acids is 1. The van der Waals surface area contributed by atoms with Crippen molar-refractivity contribution in [3.05, 3.63) is 53.2 Å². The van der Waals surface area contributed by atoms with Gasteiger partial charge >= 0.3 is 0 Å². The van der Waals surface area contributed by atoms with Crippen LogP contribution in [0.4, 0.5) is 5.69 Å². The molecule has 2 rings (SSSR count). The molecule has 4 heteroatoms. The molecular formula is C16H18N2O2. The monoisotopic (exact) mass is 270 g/mol. The molecule has 0 fully saturated rings. The Kier molecular flexibility index (Phi) is 4.35. The lowest BCUT2D eigenvalue weighted by Gasteiger charge is -2.10. The lowest BCUT2D eigenvalue weighted by atomic mass is 10.1. The summed E-state index contributed by atoms with van der Waals surface area (Å²) in [6, 6.07) is 9.35. The van der Waals surface area contributed by atoms with Crippen LogP contribution < -0.4 is 10.1 Å². The van der Waals surface area contributed by atoms with E-state index in [2.05, 4.69) is 16.4 Å². The number of anilines is 1. The van der Waals surface area contributed by atoms with Crippen molar-refractivity contribution in [3.63, 3.8) is 0 Å². The highest BCUT2D eigenvalue weighted by atomic mass is 16.5. The van der Waals surface area contributed by atoms with Gasteiger partial charge in [-0.2, -0.15) is 0 Å². The van der Waals surface area contributed by atoms with Crippen molar-refractivity contribution < 1.29 is 9.53 Å². The number of hydrogen-bond donors (Lipinski definition) is 1. The fourth-order valence-electron chi connectivity index (χ4n) is 2.06. The maximum Gasteiger partial charge on any atom is 0.261 e. The van der Waals surface area contributed by atoms with Crippen molar-refractivity contribution in [2.45, 2.75) is 20.8 Å². The van der Waals surface area contributed by atoms with Gasteiger partial charge in [0.25, 0.3) is 5.91 Å². The van der Waals surface area contributed by atoms with Crippen LogP contribution in [0.25, 0.3) is 0 Å². The average Bonchev–Trinajstić information content (AvgIpc) is 2.38. The molecule has 2 aromatic rings. The molecular weight excluding hydrogens is 252 g/mol. The predicted octanol–water partition coefficient (Wildman–Crippen LogP) is 3.35. The molecule has 1 heterocycles. The molecule has 0 radical (unpaired) electrons. The van der Waals surface area contributed by atoms with Crippen LogP contribution in [-0.4, -0.2) is 17.5 Å². The van der Waals surface area contributed by atoms with Crippen molar-refractivity contribution in [2.24, 2.45) is 0 Å². The summed E-state index contributed by atoms with van der Waals surface area (Å²) in [5, 5.41) is 2.88. The molecule has 0 aliphatic carbocycles. The molecule has 0 saturated heterocycles. The number of nitrogens with zero attached hydrogens (tertiary/aromatic N) is 1. The van der Waals surface area contributed by atoms with Gasteiger partial charge in [-0.3, -0.25) is 4.79 Å².